The Morgan fingerprint density at radius 1 is 0.447 bits per heavy atom. The fourth-order valence-corrected chi connectivity index (χ4v) is 5.67. The molecule has 0 bridgehead atoms. The largest absolute Gasteiger partial charge is 0.509 e. The average Bonchev–Trinajstić information content (AvgIpc) is 3.33. The lowest BCUT2D eigenvalue weighted by Gasteiger charge is -2.24. The van der Waals surface area contributed by atoms with Crippen molar-refractivity contribution in [3.8, 4) is 28.0 Å². The van der Waals surface area contributed by atoms with E-state index >= 15 is 0 Å². The Bertz CT molecular complexity index is 2010. The van der Waals surface area contributed by atoms with E-state index in [0.29, 0.717) is 5.56 Å². The van der Waals surface area contributed by atoms with Crippen LogP contribution in [0, 0.1) is 0 Å². The smallest absolute Gasteiger partial charge is 0.135 e. The molecule has 0 spiro atoms. The van der Waals surface area contributed by atoms with E-state index in [0.717, 1.165) is 60.2 Å². The molecule has 1 N–H and O–H groups in total. The molecule has 0 saturated carbocycles. The van der Waals surface area contributed by atoms with E-state index in [2.05, 4.69) is 30.3 Å². The summed E-state index contributed by atoms with van der Waals surface area (Å²) in [5, 5.41) is 16.5. The van der Waals surface area contributed by atoms with Crippen molar-refractivity contribution in [2.75, 3.05) is 0 Å². The molecule has 0 atom stereocenters. The van der Waals surface area contributed by atoms with Crippen LogP contribution in [0.5, 0.6) is 5.75 Å². The third kappa shape index (κ3) is 3.13. The van der Waals surface area contributed by atoms with Gasteiger partial charge in [-0.05, 0) is 62.0 Å². The molecule has 6 heteroatoms. The van der Waals surface area contributed by atoms with E-state index in [-0.39, 0.29) is 27.6 Å². The molecule has 0 aliphatic rings. The van der Waals surface area contributed by atoms with E-state index in [1.54, 1.807) is 0 Å². The van der Waals surface area contributed by atoms with Gasteiger partial charge < -0.3 is 9.52 Å². The van der Waals surface area contributed by atoms with Gasteiger partial charge in [-0.25, -0.2) is 0 Å². The van der Waals surface area contributed by atoms with Crippen molar-refractivity contribution >= 4 is 96.7 Å². The molecule has 38 heavy (non-hydrogen) atoms. The quantitative estimate of drug-likeness (QED) is 0.302. The first-order valence-electron chi connectivity index (χ1n) is 12.3. The minimum Gasteiger partial charge on any atom is -0.509 e. The number of para-hydroxylation sites is 1. The number of furan rings is 1. The fourth-order valence-electron chi connectivity index (χ4n) is 5.67. The lowest BCUT2D eigenvalue weighted by Crippen LogP contribution is -2.42. The van der Waals surface area contributed by atoms with Gasteiger partial charge in [0.1, 0.15) is 42.6 Å². The van der Waals surface area contributed by atoms with E-state index in [9.17, 15) is 5.11 Å². The molecule has 0 aliphatic carbocycles. The molecule has 1 aromatic heterocycles. The van der Waals surface area contributed by atoms with E-state index in [1.807, 2.05) is 60.7 Å². The normalized spacial score (nSPS) is 11.7. The third-order valence-corrected chi connectivity index (χ3v) is 7.48. The number of aromatic hydroxyl groups is 1. The molecule has 6 aromatic carbocycles. The van der Waals surface area contributed by atoms with Gasteiger partial charge in [0.05, 0.1) is 5.75 Å². The average molecular weight is 476 g/mol. The number of rotatable bonds is 2. The molecule has 7 rings (SSSR count). The summed E-state index contributed by atoms with van der Waals surface area (Å²) in [5.74, 6) is -0.297. The Hall–Kier alpha value is -4.30. The van der Waals surface area contributed by atoms with Crippen molar-refractivity contribution in [3.63, 3.8) is 0 Å². The maximum atomic E-state index is 10.4. The zero-order chi connectivity index (χ0) is 26.1. The first-order valence-corrected chi connectivity index (χ1v) is 12.3. The van der Waals surface area contributed by atoms with Crippen LogP contribution in [0.15, 0.2) is 95.4 Å². The highest BCUT2D eigenvalue weighted by atomic mass is 16.3. The van der Waals surface area contributed by atoms with E-state index < -0.39 is 0 Å². The number of phenols is 1. The van der Waals surface area contributed by atoms with Crippen LogP contribution in [0.3, 0.4) is 0 Å². The summed E-state index contributed by atoms with van der Waals surface area (Å²) in [4.78, 5) is 0. The van der Waals surface area contributed by atoms with Gasteiger partial charge in [-0.1, -0.05) is 94.6 Å². The van der Waals surface area contributed by atoms with Gasteiger partial charge in [-0.2, -0.15) is 0 Å². The molecule has 0 amide bonds. The van der Waals surface area contributed by atoms with Crippen molar-refractivity contribution in [3.05, 3.63) is 91.0 Å². The Balaban J connectivity index is 1.64. The SMILES string of the molecule is [B]c1c([B])c(-c2c3ccccc3c(-c3ccc4oc5ccccc5c4c3)c3ccccc23)c([B])c([B])c1O. The Kier molecular flexibility index (Phi) is 5.03. The van der Waals surface area contributed by atoms with Gasteiger partial charge >= 0.3 is 0 Å². The minimum atomic E-state index is -0.297. The number of phenolic OH excluding ortho intramolecular Hbond substituents is 1. The zero-order valence-corrected chi connectivity index (χ0v) is 20.3. The molecule has 7 aromatic rings. The molecule has 2 nitrogen and oxygen atoms in total. The maximum absolute atomic E-state index is 10.4. The lowest BCUT2D eigenvalue weighted by atomic mass is 9.64. The van der Waals surface area contributed by atoms with Crippen molar-refractivity contribution in [2.45, 2.75) is 0 Å². The Morgan fingerprint density at radius 2 is 0.921 bits per heavy atom. The van der Waals surface area contributed by atoms with Crippen LogP contribution in [-0.2, 0) is 0 Å². The molecule has 168 valence electrons. The highest BCUT2D eigenvalue weighted by Gasteiger charge is 2.21. The number of hydrogen-bond acceptors (Lipinski definition) is 2. The molecule has 0 saturated heterocycles. The Morgan fingerprint density at radius 3 is 1.50 bits per heavy atom. The predicted octanol–water partition coefficient (Wildman–Crippen LogP) is 4.11. The number of fused-ring (bicyclic) bond motifs is 5. The number of benzene rings is 6. The van der Waals surface area contributed by atoms with Crippen LogP contribution in [0.4, 0.5) is 0 Å². The van der Waals surface area contributed by atoms with E-state index in [1.165, 1.54) is 0 Å². The summed E-state index contributed by atoms with van der Waals surface area (Å²) in [6, 6.07) is 30.7. The second kappa shape index (κ2) is 8.36. The van der Waals surface area contributed by atoms with E-state index in [4.69, 9.17) is 35.8 Å². The van der Waals surface area contributed by atoms with Gasteiger partial charge in [0.25, 0.3) is 0 Å². The van der Waals surface area contributed by atoms with Crippen molar-refractivity contribution in [2.24, 2.45) is 0 Å². The van der Waals surface area contributed by atoms with Crippen LogP contribution in [0.25, 0.3) is 65.7 Å². The lowest BCUT2D eigenvalue weighted by molar-refractivity contribution is 0.484. The highest BCUT2D eigenvalue weighted by Crippen LogP contribution is 2.44. The summed E-state index contributed by atoms with van der Waals surface area (Å²) in [5.41, 5.74) is 5.62. The summed E-state index contributed by atoms with van der Waals surface area (Å²) in [7, 11) is 25.3. The first kappa shape index (κ1) is 22.9. The Labute approximate surface area is 224 Å². The first-order chi connectivity index (χ1) is 18.5. The van der Waals surface area contributed by atoms with Crippen LogP contribution in [0.1, 0.15) is 0 Å². The van der Waals surface area contributed by atoms with Crippen molar-refractivity contribution in [1.82, 2.24) is 0 Å². The molecule has 1 heterocycles. The van der Waals surface area contributed by atoms with Crippen LogP contribution < -0.4 is 21.9 Å². The summed E-state index contributed by atoms with van der Waals surface area (Å²) in [6.07, 6.45) is 0. The van der Waals surface area contributed by atoms with Crippen LogP contribution in [0.2, 0.25) is 0 Å². The second-order valence-electron chi connectivity index (χ2n) is 9.53. The summed E-state index contributed by atoms with van der Waals surface area (Å²) >= 11 is 0. The molecule has 0 unspecified atom stereocenters. The third-order valence-electron chi connectivity index (χ3n) is 7.48. The molecule has 0 aliphatic heterocycles. The maximum Gasteiger partial charge on any atom is 0.135 e. The molecular formula is C32H16B4O2. The van der Waals surface area contributed by atoms with Crippen LogP contribution in [-0.4, -0.2) is 36.5 Å². The second-order valence-corrected chi connectivity index (χ2v) is 9.53. The molecular weight excluding hydrogens is 460 g/mol. The summed E-state index contributed by atoms with van der Waals surface area (Å²) in [6.45, 7) is 0. The van der Waals surface area contributed by atoms with Crippen LogP contribution >= 0.6 is 0 Å². The van der Waals surface area contributed by atoms with Gasteiger partial charge in [0.15, 0.2) is 0 Å². The highest BCUT2D eigenvalue weighted by molar-refractivity contribution is 6.61. The zero-order valence-electron chi connectivity index (χ0n) is 20.3. The van der Waals surface area contributed by atoms with Gasteiger partial charge in [-0.15, -0.1) is 0 Å². The van der Waals surface area contributed by atoms with Crippen molar-refractivity contribution in [1.29, 1.82) is 0 Å². The fraction of sp³-hybridized carbons (Fsp3) is 0. The summed E-state index contributed by atoms with van der Waals surface area (Å²) < 4.78 is 6.08. The topological polar surface area (TPSA) is 33.4 Å². The minimum absolute atomic E-state index is 0.0150. The van der Waals surface area contributed by atoms with Crippen molar-refractivity contribution < 1.29 is 9.52 Å². The standard InChI is InChI=1S/C32H16B4O2/c33-28-27(29(34)31(36)32(37)30(28)35)26-20-10-3-1-8-18(20)25(19-9-2-4-11-21(19)26)16-13-14-24-22(15-16)17-7-5-6-12-23(17)38-24/h1-15,37H. The van der Waals surface area contributed by atoms with Gasteiger partial charge in [-0.3, -0.25) is 0 Å². The molecule has 0 fully saturated rings. The molecule has 8 radical (unpaired) electrons. The monoisotopic (exact) mass is 476 g/mol. The predicted molar refractivity (Wildman–Crippen MR) is 163 cm³/mol. The van der Waals surface area contributed by atoms with Gasteiger partial charge in [0.2, 0.25) is 0 Å². The number of hydrogen-bond donors (Lipinski definition) is 1. The van der Waals surface area contributed by atoms with Gasteiger partial charge in [0, 0.05) is 10.8 Å².